The molecule has 2 amide bonds. The normalized spacial score (nSPS) is 10.8. The molecule has 0 bridgehead atoms. The molecule has 0 aliphatic rings. The average Bonchev–Trinajstić information content (AvgIpc) is 2.71. The van der Waals surface area contributed by atoms with Gasteiger partial charge in [0.15, 0.2) is 0 Å². The van der Waals surface area contributed by atoms with Gasteiger partial charge in [0.2, 0.25) is 5.91 Å². The summed E-state index contributed by atoms with van der Waals surface area (Å²) in [5, 5.41) is 8.47. The van der Waals surface area contributed by atoms with Crippen LogP contribution in [0.1, 0.15) is 32.6 Å². The van der Waals surface area contributed by atoms with Crippen LogP contribution >= 0.6 is 0 Å². The topological polar surface area (TPSA) is 88.1 Å². The highest BCUT2D eigenvalue weighted by molar-refractivity contribution is 6.21. The summed E-state index contributed by atoms with van der Waals surface area (Å²) >= 11 is 0. The number of nitrogens with zero attached hydrogens (tertiary/aromatic N) is 3. The van der Waals surface area contributed by atoms with Gasteiger partial charge in [0.25, 0.3) is 5.91 Å². The van der Waals surface area contributed by atoms with E-state index in [-0.39, 0.29) is 17.9 Å². The first-order valence-corrected chi connectivity index (χ1v) is 9.33. The van der Waals surface area contributed by atoms with E-state index in [0.717, 1.165) is 17.7 Å². The molecule has 146 valence electrons. The summed E-state index contributed by atoms with van der Waals surface area (Å²) in [6.07, 6.45) is 2.61. The molecule has 0 spiro atoms. The lowest BCUT2D eigenvalue weighted by Gasteiger charge is -2.22. The number of rotatable bonds is 9. The molecule has 2 aromatic rings. The molecule has 0 aliphatic heterocycles. The number of carbonyl (C=O) groups excluding carboxylic acids is 2. The molecule has 0 radical (unpaired) electrons. The molecular formula is C22H26N4O2. The van der Waals surface area contributed by atoms with Gasteiger partial charge in [0.05, 0.1) is 11.4 Å². The fourth-order valence-electron chi connectivity index (χ4n) is 2.60. The summed E-state index contributed by atoms with van der Waals surface area (Å²) in [6, 6.07) is 16.2. The molecule has 0 saturated carbocycles. The lowest BCUT2D eigenvalue weighted by Crippen LogP contribution is -2.37. The molecule has 0 aromatic heterocycles. The minimum absolute atomic E-state index is 0.253. The van der Waals surface area contributed by atoms with Crippen molar-refractivity contribution in [2.24, 2.45) is 16.0 Å². The van der Waals surface area contributed by atoms with Gasteiger partial charge in [-0.15, -0.1) is 5.11 Å². The van der Waals surface area contributed by atoms with Crippen LogP contribution in [-0.2, 0) is 9.59 Å². The molecule has 2 aromatic carbocycles. The van der Waals surface area contributed by atoms with Gasteiger partial charge in [-0.2, -0.15) is 5.11 Å². The molecule has 0 fully saturated rings. The molecule has 0 atom stereocenters. The Hall–Kier alpha value is -3.12. The highest BCUT2D eigenvalue weighted by Crippen LogP contribution is 2.31. The number of imide groups is 1. The van der Waals surface area contributed by atoms with Crippen molar-refractivity contribution < 1.29 is 9.59 Å². The van der Waals surface area contributed by atoms with Gasteiger partial charge in [-0.05, 0) is 50.6 Å². The Morgan fingerprint density at radius 3 is 2.32 bits per heavy atom. The lowest BCUT2D eigenvalue weighted by atomic mass is 10.1. The van der Waals surface area contributed by atoms with Crippen molar-refractivity contribution in [3.05, 3.63) is 66.7 Å². The minimum Gasteiger partial charge on any atom is -0.330 e. The van der Waals surface area contributed by atoms with E-state index in [1.807, 2.05) is 30.3 Å². The van der Waals surface area contributed by atoms with Crippen molar-refractivity contribution in [2.45, 2.75) is 32.6 Å². The Kier molecular flexibility index (Phi) is 8.24. The highest BCUT2D eigenvalue weighted by atomic mass is 16.2. The van der Waals surface area contributed by atoms with E-state index in [1.54, 1.807) is 31.2 Å². The summed E-state index contributed by atoms with van der Waals surface area (Å²) in [5.41, 5.74) is 7.31. The van der Waals surface area contributed by atoms with Crippen molar-refractivity contribution >= 4 is 28.9 Å². The van der Waals surface area contributed by atoms with Gasteiger partial charge in [0, 0.05) is 12.0 Å². The maximum atomic E-state index is 12.8. The second kappa shape index (κ2) is 10.9. The largest absolute Gasteiger partial charge is 0.330 e. The number of azo groups is 1. The minimum atomic E-state index is -0.439. The number of unbranched alkanes of at least 4 members (excludes halogenated alkanes) is 2. The third kappa shape index (κ3) is 5.96. The number of benzene rings is 2. The van der Waals surface area contributed by atoms with E-state index >= 15 is 0 Å². The van der Waals surface area contributed by atoms with Crippen LogP contribution in [0.3, 0.4) is 0 Å². The van der Waals surface area contributed by atoms with Gasteiger partial charge < -0.3 is 5.73 Å². The van der Waals surface area contributed by atoms with E-state index in [9.17, 15) is 9.59 Å². The van der Waals surface area contributed by atoms with Gasteiger partial charge >= 0.3 is 0 Å². The number of carbonyl (C=O) groups is 2. The third-order valence-corrected chi connectivity index (χ3v) is 4.06. The molecule has 6 heteroatoms. The predicted octanol–water partition coefficient (Wildman–Crippen LogP) is 5.06. The SMILES string of the molecule is C=C(C)C(=O)N(C(=O)CCCCCN)c1ccccc1N=Nc1ccccc1. The van der Waals surface area contributed by atoms with Gasteiger partial charge in [-0.1, -0.05) is 43.3 Å². The van der Waals surface area contributed by atoms with E-state index in [0.29, 0.717) is 30.0 Å². The number of hydrogen-bond donors (Lipinski definition) is 1. The highest BCUT2D eigenvalue weighted by Gasteiger charge is 2.25. The maximum Gasteiger partial charge on any atom is 0.260 e. The zero-order chi connectivity index (χ0) is 20.4. The van der Waals surface area contributed by atoms with Crippen LogP contribution in [0.2, 0.25) is 0 Å². The second-order valence-corrected chi connectivity index (χ2v) is 6.44. The maximum absolute atomic E-state index is 12.8. The molecule has 28 heavy (non-hydrogen) atoms. The van der Waals surface area contributed by atoms with Crippen LogP contribution in [0.5, 0.6) is 0 Å². The van der Waals surface area contributed by atoms with Crippen LogP contribution in [0.25, 0.3) is 0 Å². The summed E-state index contributed by atoms with van der Waals surface area (Å²) in [5.74, 6) is -0.724. The standard InChI is InChI=1S/C22H26N4O2/c1-17(2)22(28)26(21(27)15-7-4-10-16-23)20-14-9-8-13-19(20)25-24-18-11-5-3-6-12-18/h3,5-6,8-9,11-14H,1,4,7,10,15-16,23H2,2H3. The van der Waals surface area contributed by atoms with Crippen LogP contribution in [-0.4, -0.2) is 18.4 Å². The predicted molar refractivity (Wildman–Crippen MR) is 112 cm³/mol. The number of anilines is 1. The Morgan fingerprint density at radius 1 is 0.964 bits per heavy atom. The first kappa shape index (κ1) is 21.2. The Morgan fingerprint density at radius 2 is 1.64 bits per heavy atom. The summed E-state index contributed by atoms with van der Waals surface area (Å²) in [7, 11) is 0. The summed E-state index contributed by atoms with van der Waals surface area (Å²) in [4.78, 5) is 26.7. The monoisotopic (exact) mass is 378 g/mol. The lowest BCUT2D eigenvalue weighted by molar-refractivity contribution is -0.124. The van der Waals surface area contributed by atoms with Crippen LogP contribution in [0, 0.1) is 0 Å². The van der Waals surface area contributed by atoms with Crippen LogP contribution < -0.4 is 10.6 Å². The molecule has 2 rings (SSSR count). The Labute approximate surface area is 165 Å². The van der Waals surface area contributed by atoms with Crippen molar-refractivity contribution in [1.29, 1.82) is 0 Å². The van der Waals surface area contributed by atoms with Crippen molar-refractivity contribution in [3.63, 3.8) is 0 Å². The molecular weight excluding hydrogens is 352 g/mol. The van der Waals surface area contributed by atoms with Crippen molar-refractivity contribution in [2.75, 3.05) is 11.4 Å². The van der Waals surface area contributed by atoms with E-state index in [1.165, 1.54) is 0 Å². The van der Waals surface area contributed by atoms with E-state index in [2.05, 4.69) is 16.8 Å². The average molecular weight is 378 g/mol. The summed E-state index contributed by atoms with van der Waals surface area (Å²) in [6.45, 7) is 5.88. The van der Waals surface area contributed by atoms with Gasteiger partial charge in [0.1, 0.15) is 5.69 Å². The molecule has 0 unspecified atom stereocenters. The first-order chi connectivity index (χ1) is 13.5. The van der Waals surface area contributed by atoms with E-state index < -0.39 is 5.91 Å². The van der Waals surface area contributed by atoms with Crippen LogP contribution in [0.4, 0.5) is 17.1 Å². The summed E-state index contributed by atoms with van der Waals surface area (Å²) < 4.78 is 0. The molecule has 0 saturated heterocycles. The van der Waals surface area contributed by atoms with Crippen LogP contribution in [0.15, 0.2) is 77.0 Å². The third-order valence-electron chi connectivity index (χ3n) is 4.06. The number of amides is 2. The molecule has 2 N–H and O–H groups in total. The molecule has 0 heterocycles. The Bertz CT molecular complexity index is 847. The second-order valence-electron chi connectivity index (χ2n) is 6.44. The molecule has 0 aliphatic carbocycles. The quantitative estimate of drug-likeness (QED) is 0.376. The van der Waals surface area contributed by atoms with Crippen molar-refractivity contribution in [1.82, 2.24) is 0 Å². The van der Waals surface area contributed by atoms with Gasteiger partial charge in [-0.25, -0.2) is 4.90 Å². The number of hydrogen-bond acceptors (Lipinski definition) is 5. The van der Waals surface area contributed by atoms with Gasteiger partial charge in [-0.3, -0.25) is 9.59 Å². The molecule has 6 nitrogen and oxygen atoms in total. The van der Waals surface area contributed by atoms with Crippen molar-refractivity contribution in [3.8, 4) is 0 Å². The number of para-hydroxylation sites is 1. The fourth-order valence-corrected chi connectivity index (χ4v) is 2.60. The zero-order valence-electron chi connectivity index (χ0n) is 16.2. The Balaban J connectivity index is 2.32. The fraction of sp³-hybridized carbons (Fsp3) is 0.273. The number of nitrogens with two attached hydrogens (primary N) is 1. The smallest absolute Gasteiger partial charge is 0.260 e. The van der Waals surface area contributed by atoms with E-state index in [4.69, 9.17) is 5.73 Å². The zero-order valence-corrected chi connectivity index (χ0v) is 16.2. The first-order valence-electron chi connectivity index (χ1n) is 9.33.